The number of carbonyl (C=O) groups excluding carboxylic acids is 1. The Hall–Kier alpha value is -3.46. The molecule has 3 aromatic carbocycles. The number of aromatic nitrogens is 1. The predicted molar refractivity (Wildman–Crippen MR) is 99.7 cm³/mol. The Labute approximate surface area is 146 Å². The van der Waals surface area contributed by atoms with Gasteiger partial charge < -0.3 is 0 Å². The lowest BCUT2D eigenvalue weighted by Crippen LogP contribution is -2.49. The van der Waals surface area contributed by atoms with E-state index in [2.05, 4.69) is 17.6 Å². The minimum absolute atomic E-state index is 0.141. The van der Waals surface area contributed by atoms with E-state index in [-0.39, 0.29) is 5.91 Å². The summed E-state index contributed by atoms with van der Waals surface area (Å²) in [5, 5.41) is 2.22. The molecule has 0 atom stereocenters. The lowest BCUT2D eigenvalue weighted by Gasteiger charge is -2.08. The normalized spacial score (nSPS) is 10.6. The van der Waals surface area contributed by atoms with Crippen LogP contribution in [0, 0.1) is 0 Å². The summed E-state index contributed by atoms with van der Waals surface area (Å²) in [7, 11) is 0. The Morgan fingerprint density at radius 3 is 2.12 bits per heavy atom. The first kappa shape index (κ1) is 15.1. The third-order valence-electron chi connectivity index (χ3n) is 4.17. The van der Waals surface area contributed by atoms with Gasteiger partial charge in [-0.1, -0.05) is 59.3 Å². The van der Waals surface area contributed by atoms with Crippen LogP contribution in [0.3, 0.4) is 0 Å². The number of hydrogen-bond acceptors (Lipinski definition) is 1. The topological polar surface area (TPSA) is 33.0 Å². The summed E-state index contributed by atoms with van der Waals surface area (Å²) in [5.41, 5.74) is 5.63. The smallest absolute Gasteiger partial charge is 0.264 e. The van der Waals surface area contributed by atoms with Crippen LogP contribution in [-0.4, -0.2) is 5.91 Å². The van der Waals surface area contributed by atoms with E-state index in [1.165, 1.54) is 0 Å². The molecule has 0 fully saturated rings. The lowest BCUT2D eigenvalue weighted by molar-refractivity contribution is -0.628. The maximum absolute atomic E-state index is 12.6. The van der Waals surface area contributed by atoms with Gasteiger partial charge in [0.05, 0.1) is 5.39 Å². The third kappa shape index (κ3) is 3.00. The summed E-state index contributed by atoms with van der Waals surface area (Å²) in [6.45, 7) is 0. The van der Waals surface area contributed by atoms with E-state index in [0.717, 1.165) is 22.0 Å². The number of rotatable bonds is 3. The van der Waals surface area contributed by atoms with Crippen LogP contribution in [0.1, 0.15) is 10.4 Å². The van der Waals surface area contributed by atoms with Gasteiger partial charge >= 0.3 is 5.91 Å². The van der Waals surface area contributed by atoms with Crippen LogP contribution in [0.5, 0.6) is 0 Å². The highest BCUT2D eigenvalue weighted by Crippen LogP contribution is 2.24. The number of nitrogens with one attached hydrogen (secondary N) is 1. The minimum atomic E-state index is -0.141. The Kier molecular flexibility index (Phi) is 3.97. The van der Waals surface area contributed by atoms with Crippen molar-refractivity contribution in [1.82, 2.24) is 0 Å². The molecule has 3 heteroatoms. The molecule has 1 heterocycles. The van der Waals surface area contributed by atoms with Crippen molar-refractivity contribution in [3.05, 3.63) is 103 Å². The molecule has 4 aromatic rings. The Morgan fingerprint density at radius 2 is 1.36 bits per heavy atom. The van der Waals surface area contributed by atoms with Gasteiger partial charge in [-0.3, -0.25) is 4.79 Å². The van der Waals surface area contributed by atoms with Crippen molar-refractivity contribution in [1.29, 1.82) is 0 Å². The van der Waals surface area contributed by atoms with Gasteiger partial charge in [0.15, 0.2) is 0 Å². The first-order chi connectivity index (χ1) is 12.3. The van der Waals surface area contributed by atoms with E-state index in [0.29, 0.717) is 5.56 Å². The highest BCUT2D eigenvalue weighted by Gasteiger charge is 2.20. The fourth-order valence-electron chi connectivity index (χ4n) is 2.96. The lowest BCUT2D eigenvalue weighted by atomic mass is 10.0. The quantitative estimate of drug-likeness (QED) is 0.563. The molecule has 25 heavy (non-hydrogen) atoms. The van der Waals surface area contributed by atoms with Crippen molar-refractivity contribution < 1.29 is 9.47 Å². The van der Waals surface area contributed by atoms with E-state index >= 15 is 0 Å². The maximum Gasteiger partial charge on any atom is 0.305 e. The van der Waals surface area contributed by atoms with Crippen molar-refractivity contribution >= 4 is 16.7 Å². The van der Waals surface area contributed by atoms with E-state index < -0.39 is 0 Å². The molecule has 120 valence electrons. The second-order valence-electron chi connectivity index (χ2n) is 5.79. The van der Waals surface area contributed by atoms with E-state index in [4.69, 9.17) is 0 Å². The number of nitrogens with zero attached hydrogens (tertiary/aromatic N) is 1. The van der Waals surface area contributed by atoms with Crippen LogP contribution >= 0.6 is 0 Å². The first-order valence-corrected chi connectivity index (χ1v) is 8.18. The number of benzene rings is 3. The zero-order valence-corrected chi connectivity index (χ0v) is 13.6. The van der Waals surface area contributed by atoms with E-state index in [1.54, 1.807) is 16.8 Å². The van der Waals surface area contributed by atoms with Crippen LogP contribution < -0.4 is 10.1 Å². The van der Waals surface area contributed by atoms with Gasteiger partial charge in [0.25, 0.3) is 5.69 Å². The average Bonchev–Trinajstić information content (AvgIpc) is 2.69. The van der Waals surface area contributed by atoms with Gasteiger partial charge in [-0.15, -0.1) is 5.43 Å². The molecule has 0 bridgehead atoms. The van der Waals surface area contributed by atoms with Gasteiger partial charge in [-0.25, -0.2) is 0 Å². The highest BCUT2D eigenvalue weighted by molar-refractivity contribution is 5.99. The van der Waals surface area contributed by atoms with Gasteiger partial charge in [0, 0.05) is 17.2 Å². The zero-order valence-electron chi connectivity index (χ0n) is 13.6. The Bertz CT molecular complexity index is 1030. The SMILES string of the molecule is O=C(N[n+]1ccc2ccccc2c1-c1ccccc1)c1ccccc1. The fraction of sp³-hybridized carbons (Fsp3) is 0. The van der Waals surface area contributed by atoms with Crippen molar-refractivity contribution in [2.24, 2.45) is 0 Å². The predicted octanol–water partition coefficient (Wildman–Crippen LogP) is 4.18. The molecule has 3 nitrogen and oxygen atoms in total. The fourth-order valence-corrected chi connectivity index (χ4v) is 2.96. The second kappa shape index (κ2) is 6.57. The molecule has 0 radical (unpaired) electrons. The molecular formula is C22H17N2O+. The molecular weight excluding hydrogens is 308 g/mol. The molecule has 0 spiro atoms. The number of fused-ring (bicyclic) bond motifs is 1. The van der Waals surface area contributed by atoms with Crippen LogP contribution in [-0.2, 0) is 0 Å². The molecule has 0 saturated heterocycles. The maximum atomic E-state index is 12.6. The van der Waals surface area contributed by atoms with Crippen LogP contribution in [0.4, 0.5) is 0 Å². The summed E-state index contributed by atoms with van der Waals surface area (Å²) >= 11 is 0. The molecule has 0 saturated carbocycles. The van der Waals surface area contributed by atoms with Gasteiger partial charge in [-0.2, -0.15) is 0 Å². The summed E-state index contributed by atoms with van der Waals surface area (Å²) in [5.74, 6) is -0.141. The number of hydrogen-bond donors (Lipinski definition) is 1. The van der Waals surface area contributed by atoms with Crippen molar-refractivity contribution in [2.45, 2.75) is 0 Å². The monoisotopic (exact) mass is 325 g/mol. The molecule has 0 aliphatic rings. The van der Waals surface area contributed by atoms with E-state index in [1.807, 2.05) is 72.9 Å². The standard InChI is InChI=1S/C22H16N2O/c25-22(19-12-5-2-6-13-19)23-24-16-15-17-9-7-8-14-20(17)21(24)18-10-3-1-4-11-18/h1-16H/p+1. The molecule has 1 N–H and O–H groups in total. The molecule has 0 unspecified atom stereocenters. The van der Waals surface area contributed by atoms with Crippen molar-refractivity contribution in [2.75, 3.05) is 5.43 Å². The largest absolute Gasteiger partial charge is 0.305 e. The Morgan fingerprint density at radius 1 is 0.720 bits per heavy atom. The van der Waals surface area contributed by atoms with Gasteiger partial charge in [0.2, 0.25) is 6.20 Å². The zero-order chi connectivity index (χ0) is 17.1. The average molecular weight is 325 g/mol. The number of carbonyl (C=O) groups is 1. The van der Waals surface area contributed by atoms with Crippen molar-refractivity contribution in [3.63, 3.8) is 0 Å². The van der Waals surface area contributed by atoms with Crippen LogP contribution in [0.15, 0.2) is 97.2 Å². The number of pyridine rings is 1. The second-order valence-corrected chi connectivity index (χ2v) is 5.79. The molecule has 1 amide bonds. The van der Waals surface area contributed by atoms with Crippen LogP contribution in [0.2, 0.25) is 0 Å². The van der Waals surface area contributed by atoms with Crippen LogP contribution in [0.25, 0.3) is 22.0 Å². The molecule has 1 aromatic heterocycles. The summed E-state index contributed by atoms with van der Waals surface area (Å²) < 4.78 is 1.80. The summed E-state index contributed by atoms with van der Waals surface area (Å²) in [6, 6.07) is 29.5. The highest BCUT2D eigenvalue weighted by atomic mass is 16.2. The Balaban J connectivity index is 1.85. The van der Waals surface area contributed by atoms with Gasteiger partial charge in [-0.05, 0) is 35.7 Å². The molecule has 0 aliphatic carbocycles. The van der Waals surface area contributed by atoms with Crippen molar-refractivity contribution in [3.8, 4) is 11.3 Å². The summed E-state index contributed by atoms with van der Waals surface area (Å²) in [6.07, 6.45) is 1.89. The summed E-state index contributed by atoms with van der Waals surface area (Å²) in [4.78, 5) is 12.6. The molecule has 0 aliphatic heterocycles. The van der Waals surface area contributed by atoms with Gasteiger partial charge in [0.1, 0.15) is 0 Å². The minimum Gasteiger partial charge on any atom is -0.264 e. The molecule has 4 rings (SSSR count). The third-order valence-corrected chi connectivity index (χ3v) is 4.17. The van der Waals surface area contributed by atoms with E-state index in [9.17, 15) is 4.79 Å². The first-order valence-electron chi connectivity index (χ1n) is 8.18. The number of amides is 1.